The molecule has 0 radical (unpaired) electrons. The molecule has 146 valence electrons. The average molecular weight is 363 g/mol. The first kappa shape index (κ1) is 19.3. The normalized spacial score (nSPS) is 23.5. The minimum absolute atomic E-state index is 0.115. The Morgan fingerprint density at radius 1 is 1.27 bits per heavy atom. The summed E-state index contributed by atoms with van der Waals surface area (Å²) < 4.78 is 2.04. The third-order valence-corrected chi connectivity index (χ3v) is 5.96. The number of hydrogen-bond donors (Lipinski definition) is 0. The third kappa shape index (κ3) is 4.43. The van der Waals surface area contributed by atoms with Crippen LogP contribution in [0.3, 0.4) is 0 Å². The number of carbonyl (C=O) groups excluding carboxylic acids is 1. The first-order valence-corrected chi connectivity index (χ1v) is 10.0. The fraction of sp³-hybridized carbons (Fsp3) is 0.842. The van der Waals surface area contributed by atoms with Gasteiger partial charge < -0.3 is 14.4 Å². The van der Waals surface area contributed by atoms with E-state index in [0.717, 1.165) is 31.8 Å². The molecule has 2 aliphatic heterocycles. The Hall–Kier alpha value is -1.47. The summed E-state index contributed by atoms with van der Waals surface area (Å²) in [4.78, 5) is 19.8. The van der Waals surface area contributed by atoms with Crippen LogP contribution in [0.25, 0.3) is 0 Å². The molecule has 3 heterocycles. The molecule has 26 heavy (non-hydrogen) atoms. The van der Waals surface area contributed by atoms with Crippen molar-refractivity contribution in [3.63, 3.8) is 0 Å². The fourth-order valence-electron chi connectivity index (χ4n) is 4.31. The van der Waals surface area contributed by atoms with Gasteiger partial charge in [-0.1, -0.05) is 0 Å². The van der Waals surface area contributed by atoms with Crippen LogP contribution in [0.4, 0.5) is 0 Å². The highest BCUT2D eigenvalue weighted by molar-refractivity contribution is 5.78. The van der Waals surface area contributed by atoms with E-state index in [0.29, 0.717) is 18.6 Å². The van der Waals surface area contributed by atoms with Crippen LogP contribution >= 0.6 is 0 Å². The van der Waals surface area contributed by atoms with Gasteiger partial charge in [-0.25, -0.2) is 0 Å². The zero-order chi connectivity index (χ0) is 18.7. The van der Waals surface area contributed by atoms with Crippen LogP contribution in [0.2, 0.25) is 0 Å². The van der Waals surface area contributed by atoms with Crippen LogP contribution in [0.15, 0.2) is 6.33 Å². The SMILES string of the molecule is CC(C)n1cnnc1CN(C)C(=O)[C@@H]1CCCN(C2CCN(C)CC2)C1. The van der Waals surface area contributed by atoms with E-state index in [-0.39, 0.29) is 11.8 Å². The number of rotatable bonds is 5. The molecule has 1 aromatic rings. The van der Waals surface area contributed by atoms with Crippen molar-refractivity contribution in [1.29, 1.82) is 0 Å². The highest BCUT2D eigenvalue weighted by Crippen LogP contribution is 2.25. The highest BCUT2D eigenvalue weighted by atomic mass is 16.2. The summed E-state index contributed by atoms with van der Waals surface area (Å²) >= 11 is 0. The topological polar surface area (TPSA) is 57.5 Å². The Morgan fingerprint density at radius 2 is 2.00 bits per heavy atom. The van der Waals surface area contributed by atoms with Gasteiger partial charge in [-0.15, -0.1) is 10.2 Å². The smallest absolute Gasteiger partial charge is 0.227 e. The van der Waals surface area contributed by atoms with E-state index in [1.54, 1.807) is 6.33 Å². The molecule has 3 rings (SSSR count). The Kier molecular flexibility index (Phi) is 6.29. The second kappa shape index (κ2) is 8.48. The largest absolute Gasteiger partial charge is 0.338 e. The molecular formula is C19H34N6O. The molecule has 0 spiro atoms. The molecule has 7 heteroatoms. The van der Waals surface area contributed by atoms with Gasteiger partial charge >= 0.3 is 0 Å². The van der Waals surface area contributed by atoms with Crippen molar-refractivity contribution in [2.24, 2.45) is 5.92 Å². The van der Waals surface area contributed by atoms with Crippen molar-refractivity contribution >= 4 is 5.91 Å². The molecule has 0 saturated carbocycles. The fourth-order valence-corrected chi connectivity index (χ4v) is 4.31. The monoisotopic (exact) mass is 362 g/mol. The van der Waals surface area contributed by atoms with Gasteiger partial charge in [0.1, 0.15) is 6.33 Å². The third-order valence-electron chi connectivity index (χ3n) is 5.96. The molecule has 1 aromatic heterocycles. The van der Waals surface area contributed by atoms with Crippen LogP contribution in [-0.2, 0) is 11.3 Å². The molecule has 0 aromatic carbocycles. The standard InChI is InChI=1S/C19H34N6O/c1-15(2)25-14-20-21-18(25)13-23(4)19(26)16-6-5-9-24(12-16)17-7-10-22(3)11-8-17/h14-17H,5-13H2,1-4H3/t16-/m1/s1. The number of aromatic nitrogens is 3. The van der Waals surface area contributed by atoms with Crippen LogP contribution in [0.5, 0.6) is 0 Å². The zero-order valence-corrected chi connectivity index (χ0v) is 16.8. The quantitative estimate of drug-likeness (QED) is 0.797. The maximum atomic E-state index is 13.0. The van der Waals surface area contributed by atoms with Crippen molar-refractivity contribution in [2.45, 2.75) is 58.2 Å². The van der Waals surface area contributed by atoms with Gasteiger partial charge in [0.25, 0.3) is 0 Å². The number of hydrogen-bond acceptors (Lipinski definition) is 5. The number of nitrogens with zero attached hydrogens (tertiary/aromatic N) is 6. The van der Waals surface area contributed by atoms with Crippen molar-refractivity contribution in [3.05, 3.63) is 12.2 Å². The van der Waals surface area contributed by atoms with Gasteiger partial charge in [-0.3, -0.25) is 9.69 Å². The van der Waals surface area contributed by atoms with Gasteiger partial charge in [-0.05, 0) is 66.2 Å². The number of carbonyl (C=O) groups is 1. The van der Waals surface area contributed by atoms with E-state index in [9.17, 15) is 4.79 Å². The highest BCUT2D eigenvalue weighted by Gasteiger charge is 2.32. The maximum Gasteiger partial charge on any atom is 0.227 e. The summed E-state index contributed by atoms with van der Waals surface area (Å²) in [6.07, 6.45) is 6.33. The van der Waals surface area contributed by atoms with Crippen LogP contribution in [0, 0.1) is 5.92 Å². The van der Waals surface area contributed by atoms with Crippen molar-refractivity contribution in [3.8, 4) is 0 Å². The summed E-state index contributed by atoms with van der Waals surface area (Å²) in [5, 5.41) is 8.21. The predicted molar refractivity (Wildman–Crippen MR) is 102 cm³/mol. The van der Waals surface area contributed by atoms with Gasteiger partial charge in [-0.2, -0.15) is 0 Å². The van der Waals surface area contributed by atoms with E-state index >= 15 is 0 Å². The number of amides is 1. The summed E-state index contributed by atoms with van der Waals surface area (Å²) in [5.41, 5.74) is 0. The van der Waals surface area contributed by atoms with E-state index in [4.69, 9.17) is 0 Å². The molecule has 1 atom stereocenters. The molecule has 0 aliphatic carbocycles. The minimum atomic E-state index is 0.115. The molecule has 2 aliphatic rings. The molecule has 0 unspecified atom stereocenters. The Labute approximate surface area is 157 Å². The van der Waals surface area contributed by atoms with Crippen molar-refractivity contribution in [1.82, 2.24) is 29.5 Å². The second-order valence-corrected chi connectivity index (χ2v) is 8.31. The molecule has 0 N–H and O–H groups in total. The molecule has 7 nitrogen and oxygen atoms in total. The molecular weight excluding hydrogens is 328 g/mol. The number of likely N-dealkylation sites (tertiary alicyclic amines) is 2. The molecule has 2 saturated heterocycles. The van der Waals surface area contributed by atoms with E-state index in [1.807, 2.05) is 16.5 Å². The van der Waals surface area contributed by atoms with Crippen molar-refractivity contribution in [2.75, 3.05) is 40.3 Å². The molecule has 1 amide bonds. The zero-order valence-electron chi connectivity index (χ0n) is 16.8. The second-order valence-electron chi connectivity index (χ2n) is 8.31. The van der Waals surface area contributed by atoms with Gasteiger partial charge in [0.2, 0.25) is 5.91 Å². The summed E-state index contributed by atoms with van der Waals surface area (Å²) in [6, 6.07) is 0.953. The first-order valence-electron chi connectivity index (χ1n) is 10.0. The average Bonchev–Trinajstić information content (AvgIpc) is 3.10. The lowest BCUT2D eigenvalue weighted by atomic mass is 9.93. The van der Waals surface area contributed by atoms with Crippen LogP contribution in [0.1, 0.15) is 51.4 Å². The lowest BCUT2D eigenvalue weighted by Gasteiger charge is -2.41. The maximum absolute atomic E-state index is 13.0. The first-order chi connectivity index (χ1) is 12.5. The van der Waals surface area contributed by atoms with Crippen LogP contribution < -0.4 is 0 Å². The van der Waals surface area contributed by atoms with E-state index < -0.39 is 0 Å². The summed E-state index contributed by atoms with van der Waals surface area (Å²) in [5.74, 6) is 1.23. The van der Waals surface area contributed by atoms with Crippen LogP contribution in [-0.4, -0.2) is 81.7 Å². The minimum Gasteiger partial charge on any atom is -0.338 e. The Morgan fingerprint density at radius 3 is 2.69 bits per heavy atom. The van der Waals surface area contributed by atoms with Gasteiger partial charge in [0, 0.05) is 25.7 Å². The predicted octanol–water partition coefficient (Wildman–Crippen LogP) is 1.62. The van der Waals surface area contributed by atoms with Crippen molar-refractivity contribution < 1.29 is 4.79 Å². The lowest BCUT2D eigenvalue weighted by molar-refractivity contribution is -0.137. The summed E-state index contributed by atoms with van der Waals surface area (Å²) in [7, 11) is 4.10. The Balaban J connectivity index is 1.57. The molecule has 2 fully saturated rings. The number of piperidine rings is 2. The summed E-state index contributed by atoms with van der Waals surface area (Å²) in [6.45, 7) is 9.14. The Bertz CT molecular complexity index is 593. The van der Waals surface area contributed by atoms with E-state index in [2.05, 4.69) is 40.9 Å². The van der Waals surface area contributed by atoms with E-state index in [1.165, 1.54) is 25.9 Å². The lowest BCUT2D eigenvalue weighted by Crippen LogP contribution is -2.50. The van der Waals surface area contributed by atoms with Gasteiger partial charge in [0.05, 0.1) is 12.5 Å². The molecule has 0 bridgehead atoms. The van der Waals surface area contributed by atoms with Gasteiger partial charge in [0.15, 0.2) is 5.82 Å².